The van der Waals surface area contributed by atoms with Crippen LogP contribution in [0.15, 0.2) is 0 Å². The van der Waals surface area contributed by atoms with Gasteiger partial charge in [0, 0.05) is 12.6 Å². The zero-order valence-corrected chi connectivity index (χ0v) is 18.7. The van der Waals surface area contributed by atoms with Crippen LogP contribution >= 0.6 is 7.37 Å². The number of carbonyl (C=O) groups is 3. The highest BCUT2D eigenvalue weighted by Crippen LogP contribution is 2.40. The lowest BCUT2D eigenvalue weighted by Crippen LogP contribution is -2.48. The maximum Gasteiger partial charge on any atom is 0.320 e. The summed E-state index contributed by atoms with van der Waals surface area (Å²) >= 11 is 0. The third kappa shape index (κ3) is 14.2. The molecular formula is C19H38N3O6P. The molecular weight excluding hydrogens is 397 g/mol. The van der Waals surface area contributed by atoms with Gasteiger partial charge >= 0.3 is 5.97 Å². The molecule has 3 atom stereocenters. The van der Waals surface area contributed by atoms with Crippen LogP contribution in [-0.4, -0.2) is 52.3 Å². The minimum atomic E-state index is -3.47. The normalized spacial score (nSPS) is 15.4. The van der Waals surface area contributed by atoms with Gasteiger partial charge in [0.2, 0.25) is 19.2 Å². The first-order valence-corrected chi connectivity index (χ1v) is 12.4. The molecule has 0 bridgehead atoms. The summed E-state index contributed by atoms with van der Waals surface area (Å²) in [6.45, 7) is 5.87. The van der Waals surface area contributed by atoms with Crippen LogP contribution in [0.4, 0.5) is 0 Å². The van der Waals surface area contributed by atoms with Gasteiger partial charge in [-0.05, 0) is 25.2 Å². The topological polar surface area (TPSA) is 159 Å². The van der Waals surface area contributed by atoms with Crippen molar-refractivity contribution in [2.24, 2.45) is 11.7 Å². The van der Waals surface area contributed by atoms with Crippen molar-refractivity contribution in [1.82, 2.24) is 10.6 Å². The second kappa shape index (κ2) is 14.5. The van der Waals surface area contributed by atoms with Crippen molar-refractivity contribution >= 4 is 25.2 Å². The summed E-state index contributed by atoms with van der Waals surface area (Å²) in [5.74, 6) is -2.09. The monoisotopic (exact) mass is 435 g/mol. The van der Waals surface area contributed by atoms with Gasteiger partial charge in [0.1, 0.15) is 12.1 Å². The van der Waals surface area contributed by atoms with E-state index >= 15 is 0 Å². The van der Waals surface area contributed by atoms with E-state index in [1.165, 1.54) is 0 Å². The second-order valence-electron chi connectivity index (χ2n) is 7.92. The van der Waals surface area contributed by atoms with E-state index in [0.29, 0.717) is 12.8 Å². The van der Waals surface area contributed by atoms with Crippen LogP contribution in [-0.2, 0) is 18.9 Å². The Hall–Kier alpha value is -1.44. The molecule has 0 aliphatic carbocycles. The van der Waals surface area contributed by atoms with Crippen LogP contribution in [0.1, 0.15) is 72.1 Å². The van der Waals surface area contributed by atoms with Crippen molar-refractivity contribution in [2.45, 2.75) is 84.2 Å². The molecule has 6 N–H and O–H groups in total. The summed E-state index contributed by atoms with van der Waals surface area (Å²) in [7, 11) is -3.47. The van der Waals surface area contributed by atoms with Crippen LogP contribution in [0, 0.1) is 5.92 Å². The van der Waals surface area contributed by atoms with E-state index in [2.05, 4.69) is 17.6 Å². The second-order valence-corrected chi connectivity index (χ2v) is 10.4. The van der Waals surface area contributed by atoms with Crippen LogP contribution in [0.25, 0.3) is 0 Å². The number of rotatable bonds is 16. The molecule has 0 heterocycles. The number of aliphatic carboxylic acids is 1. The first-order valence-electron chi connectivity index (χ1n) is 10.3. The highest BCUT2D eigenvalue weighted by atomic mass is 31.2. The number of hydrogen-bond donors (Lipinski definition) is 5. The number of carboxylic acids is 1. The third-order valence-electron chi connectivity index (χ3n) is 4.47. The number of nitrogens with one attached hydrogen (secondary N) is 2. The molecule has 170 valence electrons. The number of unbranched alkanes of at least 4 members (excludes halogenated alkanes) is 4. The van der Waals surface area contributed by atoms with Crippen LogP contribution < -0.4 is 16.4 Å². The number of nitrogens with two attached hydrogens (primary N) is 1. The van der Waals surface area contributed by atoms with E-state index in [1.807, 2.05) is 13.8 Å². The molecule has 2 amide bonds. The first kappa shape index (κ1) is 27.6. The molecule has 0 aromatic rings. The van der Waals surface area contributed by atoms with E-state index in [1.54, 1.807) is 0 Å². The molecule has 0 fully saturated rings. The van der Waals surface area contributed by atoms with E-state index in [9.17, 15) is 23.8 Å². The highest BCUT2D eigenvalue weighted by Gasteiger charge is 2.25. The zero-order chi connectivity index (χ0) is 22.4. The lowest BCUT2D eigenvalue weighted by Gasteiger charge is -2.21. The largest absolute Gasteiger partial charge is 0.480 e. The Morgan fingerprint density at radius 2 is 1.72 bits per heavy atom. The predicted molar refractivity (Wildman–Crippen MR) is 113 cm³/mol. The van der Waals surface area contributed by atoms with Crippen molar-refractivity contribution in [3.8, 4) is 0 Å². The molecule has 0 aromatic carbocycles. The number of hydrogen-bond acceptors (Lipinski definition) is 5. The quantitative estimate of drug-likeness (QED) is 0.183. The van der Waals surface area contributed by atoms with Gasteiger partial charge in [-0.1, -0.05) is 46.5 Å². The van der Waals surface area contributed by atoms with E-state index in [-0.39, 0.29) is 31.2 Å². The summed E-state index contributed by atoms with van der Waals surface area (Å²) in [6, 6.07) is -2.00. The van der Waals surface area contributed by atoms with Crippen LogP contribution in [0.3, 0.4) is 0 Å². The van der Waals surface area contributed by atoms with Gasteiger partial charge in [-0.2, -0.15) is 0 Å². The molecule has 9 nitrogen and oxygen atoms in total. The first-order chi connectivity index (χ1) is 13.5. The lowest BCUT2D eigenvalue weighted by molar-refractivity contribution is -0.139. The van der Waals surface area contributed by atoms with Crippen molar-refractivity contribution in [3.05, 3.63) is 0 Å². The summed E-state index contributed by atoms with van der Waals surface area (Å²) < 4.78 is 12.2. The molecule has 29 heavy (non-hydrogen) atoms. The molecule has 1 unspecified atom stereocenters. The SMILES string of the molecule is CCCCCCCP(=O)(O)CNC(=O)[C@H](CC(C)C)NC(=O)CC[C@H](N)C(=O)O. The van der Waals surface area contributed by atoms with Crippen LogP contribution in [0.2, 0.25) is 0 Å². The molecule has 0 rings (SSSR count). The van der Waals surface area contributed by atoms with Gasteiger partial charge in [0.25, 0.3) is 0 Å². The maximum atomic E-state index is 12.4. The van der Waals surface area contributed by atoms with E-state index in [4.69, 9.17) is 10.8 Å². The van der Waals surface area contributed by atoms with Gasteiger partial charge in [-0.3, -0.25) is 18.9 Å². The molecule has 0 saturated carbocycles. The van der Waals surface area contributed by atoms with Crippen LogP contribution in [0.5, 0.6) is 0 Å². The fourth-order valence-corrected chi connectivity index (χ4v) is 4.02. The summed E-state index contributed by atoms with van der Waals surface area (Å²) in [4.78, 5) is 45.3. The number of carboxylic acid groups (broad SMARTS) is 1. The van der Waals surface area contributed by atoms with E-state index < -0.39 is 37.2 Å². The third-order valence-corrected chi connectivity index (χ3v) is 6.14. The van der Waals surface area contributed by atoms with Gasteiger partial charge in [-0.15, -0.1) is 0 Å². The minimum absolute atomic E-state index is 0.0406. The average molecular weight is 436 g/mol. The van der Waals surface area contributed by atoms with Gasteiger partial charge in [0.05, 0.1) is 6.29 Å². The standard InChI is InChI=1S/C19H38N3O6P/c1-4-5-6-7-8-11-29(27,28)13-21-18(24)16(12-14(2)3)22-17(23)10-9-15(20)19(25)26/h14-16H,4-13,20H2,1-3H3,(H,21,24)(H,22,23)(H,25,26)(H,27,28)/t15-,16-/m0/s1. The lowest BCUT2D eigenvalue weighted by atomic mass is 10.0. The highest BCUT2D eigenvalue weighted by molar-refractivity contribution is 7.57. The molecule has 10 heteroatoms. The Labute approximate surface area is 173 Å². The Morgan fingerprint density at radius 3 is 2.28 bits per heavy atom. The fourth-order valence-electron chi connectivity index (χ4n) is 2.75. The molecule has 0 spiro atoms. The Balaban J connectivity index is 4.57. The summed E-state index contributed by atoms with van der Waals surface area (Å²) in [6.07, 6.45) is 4.77. The molecule has 0 saturated heterocycles. The predicted octanol–water partition coefficient (Wildman–Crippen LogP) is 2.02. The molecule has 0 radical (unpaired) electrons. The molecule has 0 aliphatic rings. The average Bonchev–Trinajstić information content (AvgIpc) is 2.63. The zero-order valence-electron chi connectivity index (χ0n) is 17.9. The van der Waals surface area contributed by atoms with E-state index in [0.717, 1.165) is 25.7 Å². The fraction of sp³-hybridized carbons (Fsp3) is 0.842. The maximum absolute atomic E-state index is 12.4. The minimum Gasteiger partial charge on any atom is -0.480 e. The van der Waals surface area contributed by atoms with Crippen molar-refractivity contribution in [3.63, 3.8) is 0 Å². The smallest absolute Gasteiger partial charge is 0.320 e. The number of amides is 2. The van der Waals surface area contributed by atoms with Gasteiger partial charge in [0.15, 0.2) is 0 Å². The van der Waals surface area contributed by atoms with Crippen molar-refractivity contribution < 1.29 is 28.9 Å². The summed E-state index contributed by atoms with van der Waals surface area (Å²) in [5.41, 5.74) is 5.38. The summed E-state index contributed by atoms with van der Waals surface area (Å²) in [5, 5.41) is 13.8. The van der Waals surface area contributed by atoms with Gasteiger partial charge in [-0.25, -0.2) is 0 Å². The van der Waals surface area contributed by atoms with Crippen molar-refractivity contribution in [1.29, 1.82) is 0 Å². The van der Waals surface area contributed by atoms with Crippen molar-refractivity contribution in [2.75, 3.05) is 12.4 Å². The Bertz CT molecular complexity index is 570. The number of carbonyl (C=O) groups excluding carboxylic acids is 2. The molecule has 0 aromatic heterocycles. The Morgan fingerprint density at radius 1 is 1.10 bits per heavy atom. The Kier molecular flexibility index (Phi) is 13.8. The molecule has 0 aliphatic heterocycles. The van der Waals surface area contributed by atoms with Gasteiger partial charge < -0.3 is 26.4 Å².